The van der Waals surface area contributed by atoms with Gasteiger partial charge in [-0.05, 0) is 18.6 Å². The molecule has 0 unspecified atom stereocenters. The average Bonchev–Trinajstić information content (AvgIpc) is 2.19. The van der Waals surface area contributed by atoms with Crippen molar-refractivity contribution < 1.29 is 17.2 Å². The molecule has 0 aromatic heterocycles. The largest absolute Gasteiger partial charge is 0.329 e. The highest BCUT2D eigenvalue weighted by Gasteiger charge is 2.17. The van der Waals surface area contributed by atoms with Crippen LogP contribution in [0, 0.1) is 18.6 Å². The molecule has 4 nitrogen and oxygen atoms in total. The van der Waals surface area contributed by atoms with E-state index in [-0.39, 0.29) is 17.9 Å². The van der Waals surface area contributed by atoms with Gasteiger partial charge in [0.15, 0.2) is 5.82 Å². The van der Waals surface area contributed by atoms with Gasteiger partial charge in [0.25, 0.3) is 0 Å². The van der Waals surface area contributed by atoms with Crippen molar-refractivity contribution in [3.05, 3.63) is 29.3 Å². The van der Waals surface area contributed by atoms with Crippen LogP contribution in [0.2, 0.25) is 0 Å². The average molecular weight is 250 g/mol. The Morgan fingerprint density at radius 2 is 2.00 bits per heavy atom. The molecule has 16 heavy (non-hydrogen) atoms. The lowest BCUT2D eigenvalue weighted by atomic mass is 10.2. The van der Waals surface area contributed by atoms with Crippen molar-refractivity contribution in [2.45, 2.75) is 6.92 Å². The van der Waals surface area contributed by atoms with Gasteiger partial charge in [0.2, 0.25) is 10.0 Å². The topological polar surface area (TPSA) is 72.2 Å². The van der Waals surface area contributed by atoms with Gasteiger partial charge in [-0.1, -0.05) is 6.07 Å². The quantitative estimate of drug-likeness (QED) is 0.836. The molecule has 90 valence electrons. The van der Waals surface area contributed by atoms with Gasteiger partial charge in [-0.25, -0.2) is 17.2 Å². The summed E-state index contributed by atoms with van der Waals surface area (Å²) in [6, 6.07) is 2.23. The van der Waals surface area contributed by atoms with Crippen molar-refractivity contribution in [2.75, 3.05) is 17.0 Å². The van der Waals surface area contributed by atoms with E-state index in [2.05, 4.69) is 0 Å². The Bertz CT molecular complexity index is 489. The Balaban J connectivity index is 3.11. The maximum Gasteiger partial charge on any atom is 0.234 e. The minimum Gasteiger partial charge on any atom is -0.329 e. The second kappa shape index (κ2) is 4.75. The third-order valence-electron chi connectivity index (χ3n) is 1.93. The zero-order valence-corrected chi connectivity index (χ0v) is 9.44. The summed E-state index contributed by atoms with van der Waals surface area (Å²) in [6.07, 6.45) is 0. The van der Waals surface area contributed by atoms with E-state index < -0.39 is 27.3 Å². The molecule has 0 spiro atoms. The van der Waals surface area contributed by atoms with Crippen LogP contribution in [0.1, 0.15) is 5.56 Å². The molecule has 0 radical (unpaired) electrons. The van der Waals surface area contributed by atoms with E-state index in [1.54, 1.807) is 0 Å². The van der Waals surface area contributed by atoms with Crippen LogP contribution in [0.3, 0.4) is 0 Å². The normalized spacial score (nSPS) is 11.5. The first kappa shape index (κ1) is 12.9. The summed E-state index contributed by atoms with van der Waals surface area (Å²) in [6.45, 7) is 1.29. The molecule has 0 aliphatic heterocycles. The van der Waals surface area contributed by atoms with Gasteiger partial charge in [-0.3, -0.25) is 4.72 Å². The smallest absolute Gasteiger partial charge is 0.234 e. The predicted octanol–water partition coefficient (Wildman–Crippen LogP) is 0.974. The van der Waals surface area contributed by atoms with E-state index in [1.807, 2.05) is 4.72 Å². The van der Waals surface area contributed by atoms with E-state index in [9.17, 15) is 17.2 Å². The molecule has 0 saturated carbocycles. The first-order valence-corrected chi connectivity index (χ1v) is 6.18. The van der Waals surface area contributed by atoms with Gasteiger partial charge >= 0.3 is 0 Å². The van der Waals surface area contributed by atoms with Gasteiger partial charge in [-0.15, -0.1) is 0 Å². The van der Waals surface area contributed by atoms with Gasteiger partial charge < -0.3 is 5.73 Å². The molecule has 0 aliphatic carbocycles. The van der Waals surface area contributed by atoms with Crippen LogP contribution in [-0.2, 0) is 10.0 Å². The number of hydrogen-bond donors (Lipinski definition) is 2. The standard InChI is InChI=1S/C9H12F2N2O2S/c1-6-2-3-7(10)9(8(6)11)13-16(14,15)5-4-12/h2-3,13H,4-5,12H2,1H3. The molecule has 0 heterocycles. The van der Waals surface area contributed by atoms with Gasteiger partial charge in [0, 0.05) is 6.54 Å². The van der Waals surface area contributed by atoms with Crippen LogP contribution in [0.25, 0.3) is 0 Å². The fraction of sp³-hybridized carbons (Fsp3) is 0.333. The molecular formula is C9H12F2N2O2S. The lowest BCUT2D eigenvalue weighted by molar-refractivity contribution is 0.578. The number of nitrogens with two attached hydrogens (primary N) is 1. The lowest BCUT2D eigenvalue weighted by Gasteiger charge is -2.10. The zero-order chi connectivity index (χ0) is 12.3. The van der Waals surface area contributed by atoms with Crippen molar-refractivity contribution in [1.82, 2.24) is 0 Å². The van der Waals surface area contributed by atoms with E-state index in [1.165, 1.54) is 13.0 Å². The van der Waals surface area contributed by atoms with E-state index in [4.69, 9.17) is 5.73 Å². The molecule has 7 heteroatoms. The van der Waals surface area contributed by atoms with Crippen molar-refractivity contribution in [3.8, 4) is 0 Å². The SMILES string of the molecule is Cc1ccc(F)c(NS(=O)(=O)CCN)c1F. The van der Waals surface area contributed by atoms with Crippen LogP contribution in [-0.4, -0.2) is 20.7 Å². The number of halogens is 2. The minimum atomic E-state index is -3.80. The summed E-state index contributed by atoms with van der Waals surface area (Å²) >= 11 is 0. The molecular weight excluding hydrogens is 238 g/mol. The molecule has 1 rings (SSSR count). The van der Waals surface area contributed by atoms with Crippen LogP contribution in [0.15, 0.2) is 12.1 Å². The van der Waals surface area contributed by atoms with Crippen LogP contribution < -0.4 is 10.5 Å². The van der Waals surface area contributed by atoms with Crippen molar-refractivity contribution in [1.29, 1.82) is 0 Å². The molecule has 3 N–H and O–H groups in total. The second-order valence-corrected chi connectivity index (χ2v) is 5.10. The summed E-state index contributed by atoms with van der Waals surface area (Å²) in [5.74, 6) is -2.26. The first-order chi connectivity index (χ1) is 7.37. The van der Waals surface area contributed by atoms with Crippen molar-refractivity contribution in [3.63, 3.8) is 0 Å². The highest BCUT2D eigenvalue weighted by atomic mass is 32.2. The third-order valence-corrected chi connectivity index (χ3v) is 3.22. The lowest BCUT2D eigenvalue weighted by Crippen LogP contribution is -2.23. The van der Waals surface area contributed by atoms with Crippen LogP contribution in [0.5, 0.6) is 0 Å². The highest BCUT2D eigenvalue weighted by Crippen LogP contribution is 2.22. The van der Waals surface area contributed by atoms with Crippen molar-refractivity contribution >= 4 is 15.7 Å². The second-order valence-electron chi connectivity index (χ2n) is 3.26. The van der Waals surface area contributed by atoms with Gasteiger partial charge in [0.1, 0.15) is 11.5 Å². The molecule has 1 aromatic carbocycles. The molecule has 0 bridgehead atoms. The van der Waals surface area contributed by atoms with Gasteiger partial charge in [-0.2, -0.15) is 0 Å². The first-order valence-electron chi connectivity index (χ1n) is 4.52. The zero-order valence-electron chi connectivity index (χ0n) is 8.63. The molecule has 0 atom stereocenters. The summed E-state index contributed by atoms with van der Waals surface area (Å²) in [5, 5.41) is 0. The van der Waals surface area contributed by atoms with E-state index >= 15 is 0 Å². The van der Waals surface area contributed by atoms with Crippen LogP contribution in [0.4, 0.5) is 14.5 Å². The molecule has 0 saturated heterocycles. The third kappa shape index (κ3) is 2.89. The minimum absolute atomic E-state index is 0.121. The Labute approximate surface area is 92.5 Å². The molecule has 0 amide bonds. The number of aryl methyl sites for hydroxylation is 1. The van der Waals surface area contributed by atoms with Crippen molar-refractivity contribution in [2.24, 2.45) is 5.73 Å². The van der Waals surface area contributed by atoms with Crippen LogP contribution >= 0.6 is 0 Å². The Hall–Kier alpha value is -1.21. The maximum atomic E-state index is 13.4. The Morgan fingerprint density at radius 3 is 2.56 bits per heavy atom. The summed E-state index contributed by atoms with van der Waals surface area (Å²) in [7, 11) is -3.80. The number of rotatable bonds is 4. The highest BCUT2D eigenvalue weighted by molar-refractivity contribution is 7.92. The number of nitrogens with one attached hydrogen (secondary N) is 1. The molecule has 0 fully saturated rings. The number of benzene rings is 1. The fourth-order valence-corrected chi connectivity index (χ4v) is 2.02. The van der Waals surface area contributed by atoms with E-state index in [0.717, 1.165) is 6.07 Å². The predicted molar refractivity (Wildman–Crippen MR) is 57.6 cm³/mol. The number of anilines is 1. The maximum absolute atomic E-state index is 13.4. The molecule has 1 aromatic rings. The Morgan fingerprint density at radius 1 is 1.38 bits per heavy atom. The summed E-state index contributed by atoms with van der Waals surface area (Å²) < 4.78 is 51.1. The van der Waals surface area contributed by atoms with Gasteiger partial charge in [0.05, 0.1) is 5.75 Å². The monoisotopic (exact) mass is 250 g/mol. The number of hydrogen-bond acceptors (Lipinski definition) is 3. The van der Waals surface area contributed by atoms with E-state index in [0.29, 0.717) is 0 Å². The molecule has 0 aliphatic rings. The summed E-state index contributed by atoms with van der Waals surface area (Å²) in [5.41, 5.74) is 4.57. The number of sulfonamides is 1. The fourth-order valence-electron chi connectivity index (χ4n) is 1.11. The Kier molecular flexibility index (Phi) is 3.82. The summed E-state index contributed by atoms with van der Waals surface area (Å²) in [4.78, 5) is 0.